The molecule has 18 heavy (non-hydrogen) atoms. The summed E-state index contributed by atoms with van der Waals surface area (Å²) in [5, 5.41) is 0. The molecule has 0 saturated heterocycles. The number of nitrogens with two attached hydrogens (primary N) is 1. The van der Waals surface area contributed by atoms with Gasteiger partial charge in [0.1, 0.15) is 0 Å². The zero-order chi connectivity index (χ0) is 13.3. The predicted octanol–water partition coefficient (Wildman–Crippen LogP) is 2.18. The lowest BCUT2D eigenvalue weighted by atomic mass is 10.1. The van der Waals surface area contributed by atoms with E-state index < -0.39 is 0 Å². The van der Waals surface area contributed by atoms with E-state index in [9.17, 15) is 0 Å². The molecule has 1 aromatic heterocycles. The highest BCUT2D eigenvalue weighted by Gasteiger charge is 2.14. The Kier molecular flexibility index (Phi) is 3.68. The topological polar surface area (TPSA) is 47.1 Å². The number of fused-ring (bicyclic) bond motifs is 1. The van der Waals surface area contributed by atoms with Crippen molar-refractivity contribution in [3.05, 3.63) is 30.1 Å². The minimum Gasteiger partial charge on any atom is -0.329 e. The number of benzene rings is 1. The van der Waals surface area contributed by atoms with Gasteiger partial charge in [-0.25, -0.2) is 4.98 Å². The van der Waals surface area contributed by atoms with Gasteiger partial charge in [0, 0.05) is 18.6 Å². The molecule has 0 aliphatic heterocycles. The molecule has 1 heterocycles. The maximum absolute atomic E-state index is 5.84. The Morgan fingerprint density at radius 2 is 2.06 bits per heavy atom. The summed E-state index contributed by atoms with van der Waals surface area (Å²) in [6.45, 7) is 4.94. The van der Waals surface area contributed by atoms with Gasteiger partial charge in [0.25, 0.3) is 0 Å². The van der Waals surface area contributed by atoms with Gasteiger partial charge in [0.05, 0.1) is 17.4 Å². The van der Waals surface area contributed by atoms with Crippen LogP contribution in [0.2, 0.25) is 0 Å². The first-order valence-corrected chi connectivity index (χ1v) is 6.37. The van der Waals surface area contributed by atoms with E-state index in [2.05, 4.69) is 60.6 Å². The number of imidazole rings is 1. The fourth-order valence-corrected chi connectivity index (χ4v) is 2.31. The molecule has 4 heteroatoms. The molecule has 0 spiro atoms. The van der Waals surface area contributed by atoms with Crippen LogP contribution in [0.3, 0.4) is 0 Å². The van der Waals surface area contributed by atoms with Gasteiger partial charge in [-0.2, -0.15) is 0 Å². The van der Waals surface area contributed by atoms with Crippen LogP contribution in [0.25, 0.3) is 11.0 Å². The van der Waals surface area contributed by atoms with Crippen LogP contribution in [-0.2, 0) is 0 Å². The van der Waals surface area contributed by atoms with Crippen molar-refractivity contribution < 1.29 is 0 Å². The van der Waals surface area contributed by atoms with Crippen molar-refractivity contribution in [3.8, 4) is 0 Å². The van der Waals surface area contributed by atoms with Crippen LogP contribution in [0.5, 0.6) is 0 Å². The summed E-state index contributed by atoms with van der Waals surface area (Å²) < 4.78 is 2.19. The second-order valence-corrected chi connectivity index (χ2v) is 5.21. The quantitative estimate of drug-likeness (QED) is 0.899. The molecule has 1 unspecified atom stereocenters. The molecule has 0 radical (unpaired) electrons. The largest absolute Gasteiger partial charge is 0.329 e. The molecule has 2 aromatic rings. The first-order valence-electron chi connectivity index (χ1n) is 6.37. The molecule has 4 nitrogen and oxygen atoms in total. The summed E-state index contributed by atoms with van der Waals surface area (Å²) in [5.41, 5.74) is 9.29. The third-order valence-corrected chi connectivity index (χ3v) is 3.39. The summed E-state index contributed by atoms with van der Waals surface area (Å²) in [6, 6.07) is 7.12. The molecule has 0 aliphatic carbocycles. The number of hydrogen-bond donors (Lipinski definition) is 1. The van der Waals surface area contributed by atoms with Crippen molar-refractivity contribution in [2.45, 2.75) is 25.9 Å². The Morgan fingerprint density at radius 1 is 1.33 bits per heavy atom. The van der Waals surface area contributed by atoms with E-state index in [0.29, 0.717) is 12.6 Å². The summed E-state index contributed by atoms with van der Waals surface area (Å²) in [5.74, 6) is 0. The van der Waals surface area contributed by atoms with E-state index in [0.717, 1.165) is 5.52 Å². The van der Waals surface area contributed by atoms with E-state index in [1.54, 1.807) is 0 Å². The van der Waals surface area contributed by atoms with E-state index in [-0.39, 0.29) is 6.04 Å². The zero-order valence-corrected chi connectivity index (χ0v) is 11.6. The Balaban J connectivity index is 2.45. The average Bonchev–Trinajstić information content (AvgIpc) is 2.72. The lowest BCUT2D eigenvalue weighted by Crippen LogP contribution is -2.27. The molecular weight excluding hydrogens is 224 g/mol. The monoisotopic (exact) mass is 246 g/mol. The van der Waals surface area contributed by atoms with Crippen LogP contribution in [0.4, 0.5) is 0 Å². The molecular formula is C14H22N4. The molecule has 2 rings (SSSR count). The zero-order valence-electron chi connectivity index (χ0n) is 11.6. The van der Waals surface area contributed by atoms with Crippen LogP contribution in [0.1, 0.15) is 31.5 Å². The maximum atomic E-state index is 5.84. The van der Waals surface area contributed by atoms with Gasteiger partial charge in [-0.15, -0.1) is 0 Å². The average molecular weight is 246 g/mol. The fourth-order valence-electron chi connectivity index (χ4n) is 2.31. The number of likely N-dealkylation sites (N-methyl/N-ethyl adjacent to an activating group) is 1. The molecule has 0 aliphatic rings. The van der Waals surface area contributed by atoms with Crippen molar-refractivity contribution >= 4 is 11.0 Å². The van der Waals surface area contributed by atoms with Crippen LogP contribution in [0.15, 0.2) is 24.5 Å². The first-order chi connectivity index (χ1) is 8.54. The number of rotatable bonds is 4. The first kappa shape index (κ1) is 13.1. The molecule has 0 fully saturated rings. The highest BCUT2D eigenvalue weighted by molar-refractivity contribution is 5.76. The standard InChI is InChI=1S/C14H22N4/c1-10(2)18-9-16-12-7-11(5-6-13(12)18)14(8-15)17(3)4/h5-7,9-10,14H,8,15H2,1-4H3. The van der Waals surface area contributed by atoms with Gasteiger partial charge in [-0.05, 0) is 45.6 Å². The highest BCUT2D eigenvalue weighted by Crippen LogP contribution is 2.23. The van der Waals surface area contributed by atoms with Crippen molar-refractivity contribution in [1.29, 1.82) is 0 Å². The third-order valence-electron chi connectivity index (χ3n) is 3.39. The summed E-state index contributed by atoms with van der Waals surface area (Å²) in [4.78, 5) is 6.62. The summed E-state index contributed by atoms with van der Waals surface area (Å²) in [6.07, 6.45) is 1.91. The van der Waals surface area contributed by atoms with E-state index >= 15 is 0 Å². The van der Waals surface area contributed by atoms with Gasteiger partial charge in [0.2, 0.25) is 0 Å². The fraction of sp³-hybridized carbons (Fsp3) is 0.500. The van der Waals surface area contributed by atoms with Crippen molar-refractivity contribution in [2.24, 2.45) is 5.73 Å². The third kappa shape index (κ3) is 2.26. The van der Waals surface area contributed by atoms with E-state index in [1.165, 1.54) is 11.1 Å². The van der Waals surface area contributed by atoms with Crippen LogP contribution >= 0.6 is 0 Å². The maximum Gasteiger partial charge on any atom is 0.0960 e. The van der Waals surface area contributed by atoms with Crippen molar-refractivity contribution in [2.75, 3.05) is 20.6 Å². The molecule has 98 valence electrons. The summed E-state index contributed by atoms with van der Waals surface area (Å²) in [7, 11) is 4.10. The second kappa shape index (κ2) is 5.08. The SMILES string of the molecule is CC(C)n1cnc2cc(C(CN)N(C)C)ccc21. The number of aromatic nitrogens is 2. The molecule has 1 atom stereocenters. The predicted molar refractivity (Wildman–Crippen MR) is 75.6 cm³/mol. The van der Waals surface area contributed by atoms with Crippen LogP contribution in [-0.4, -0.2) is 35.1 Å². The van der Waals surface area contributed by atoms with Crippen molar-refractivity contribution in [1.82, 2.24) is 14.5 Å². The van der Waals surface area contributed by atoms with E-state index in [4.69, 9.17) is 5.73 Å². The lowest BCUT2D eigenvalue weighted by Gasteiger charge is -2.23. The number of nitrogens with zero attached hydrogens (tertiary/aromatic N) is 3. The number of hydrogen-bond acceptors (Lipinski definition) is 3. The Labute approximate surface area is 108 Å². The van der Waals surface area contributed by atoms with E-state index in [1.807, 2.05) is 6.33 Å². The molecule has 0 saturated carbocycles. The van der Waals surface area contributed by atoms with Gasteiger partial charge in [-0.3, -0.25) is 0 Å². The molecule has 2 N–H and O–H groups in total. The molecule has 0 bridgehead atoms. The Bertz CT molecular complexity index is 528. The summed E-state index contributed by atoms with van der Waals surface area (Å²) >= 11 is 0. The van der Waals surface area contributed by atoms with Gasteiger partial charge in [0.15, 0.2) is 0 Å². The molecule has 1 aromatic carbocycles. The second-order valence-electron chi connectivity index (χ2n) is 5.21. The smallest absolute Gasteiger partial charge is 0.0960 e. The Morgan fingerprint density at radius 3 is 2.61 bits per heavy atom. The lowest BCUT2D eigenvalue weighted by molar-refractivity contribution is 0.306. The Hall–Kier alpha value is -1.39. The van der Waals surface area contributed by atoms with Gasteiger partial charge in [-0.1, -0.05) is 6.07 Å². The minimum atomic E-state index is 0.249. The van der Waals surface area contributed by atoms with Crippen LogP contribution in [0, 0.1) is 0 Å². The minimum absolute atomic E-state index is 0.249. The van der Waals surface area contributed by atoms with Gasteiger partial charge >= 0.3 is 0 Å². The molecule has 0 amide bonds. The van der Waals surface area contributed by atoms with Crippen molar-refractivity contribution in [3.63, 3.8) is 0 Å². The van der Waals surface area contributed by atoms with Gasteiger partial charge < -0.3 is 15.2 Å². The van der Waals surface area contributed by atoms with Crippen LogP contribution < -0.4 is 5.73 Å². The normalized spacial score (nSPS) is 13.7. The highest BCUT2D eigenvalue weighted by atomic mass is 15.1.